The summed E-state index contributed by atoms with van der Waals surface area (Å²) in [5.74, 6) is -0.225. The zero-order chi connectivity index (χ0) is 20.1. The number of benzene rings is 2. The summed E-state index contributed by atoms with van der Waals surface area (Å²) in [7, 11) is 0. The van der Waals surface area contributed by atoms with E-state index < -0.39 is 0 Å². The molecule has 0 atom stereocenters. The fraction of sp³-hybridized carbons (Fsp3) is 0.280. The number of aromatic nitrogens is 1. The van der Waals surface area contributed by atoms with Crippen molar-refractivity contribution in [2.24, 2.45) is 0 Å². The van der Waals surface area contributed by atoms with E-state index in [0.29, 0.717) is 24.1 Å². The maximum absolute atomic E-state index is 12.6. The maximum atomic E-state index is 12.6. The first-order valence-electron chi connectivity index (χ1n) is 10.3. The lowest BCUT2D eigenvalue weighted by molar-refractivity contribution is -0.137. The van der Waals surface area contributed by atoms with Gasteiger partial charge in [-0.15, -0.1) is 0 Å². The third-order valence-corrected chi connectivity index (χ3v) is 6.09. The molecule has 4 nitrogen and oxygen atoms in total. The maximum Gasteiger partial charge on any atom is 0.261 e. The zero-order valence-corrected chi connectivity index (χ0v) is 16.9. The number of hydrogen-bond donors (Lipinski definition) is 0. The zero-order valence-electron chi connectivity index (χ0n) is 16.9. The fourth-order valence-corrected chi connectivity index (χ4v) is 4.65. The molecular weight excluding hydrogens is 360 g/mol. The average molecular weight is 384 g/mol. The van der Waals surface area contributed by atoms with E-state index in [0.717, 1.165) is 19.4 Å². The van der Waals surface area contributed by atoms with Crippen molar-refractivity contribution in [3.05, 3.63) is 70.8 Å². The number of amides is 2. The van der Waals surface area contributed by atoms with Gasteiger partial charge < -0.3 is 4.57 Å². The quantitative estimate of drug-likeness (QED) is 0.606. The molecular formula is C25H24N2O2. The van der Waals surface area contributed by atoms with E-state index in [4.69, 9.17) is 0 Å². The first-order valence-corrected chi connectivity index (χ1v) is 10.3. The normalized spacial score (nSPS) is 16.6. The van der Waals surface area contributed by atoms with Crippen LogP contribution in [0.4, 0.5) is 0 Å². The lowest BCUT2D eigenvalue weighted by Crippen LogP contribution is -2.33. The molecule has 0 bridgehead atoms. The Morgan fingerprint density at radius 1 is 0.862 bits per heavy atom. The predicted molar refractivity (Wildman–Crippen MR) is 116 cm³/mol. The molecule has 29 heavy (non-hydrogen) atoms. The molecule has 0 fully saturated rings. The highest BCUT2D eigenvalue weighted by atomic mass is 16.2. The summed E-state index contributed by atoms with van der Waals surface area (Å²) in [6, 6.07) is 13.1. The van der Waals surface area contributed by atoms with E-state index in [9.17, 15) is 9.59 Å². The van der Waals surface area contributed by atoms with E-state index in [1.807, 2.05) is 12.2 Å². The molecule has 2 aromatic carbocycles. The number of carbonyl (C=O) groups is 2. The highest BCUT2D eigenvalue weighted by molar-refractivity contribution is 6.20. The van der Waals surface area contributed by atoms with Gasteiger partial charge in [0.15, 0.2) is 0 Å². The number of carbonyl (C=O) groups excluding carboxylic acids is 2. The van der Waals surface area contributed by atoms with Crippen LogP contribution in [-0.2, 0) is 16.1 Å². The van der Waals surface area contributed by atoms with Crippen LogP contribution >= 0.6 is 0 Å². The van der Waals surface area contributed by atoms with E-state index in [1.165, 1.54) is 37.8 Å². The third kappa shape index (κ3) is 2.82. The first-order chi connectivity index (χ1) is 14.0. The van der Waals surface area contributed by atoms with Gasteiger partial charge in [0.1, 0.15) is 0 Å². The molecule has 3 aromatic rings. The Balaban J connectivity index is 1.42. The van der Waals surface area contributed by atoms with Crippen molar-refractivity contribution in [3.8, 4) is 0 Å². The smallest absolute Gasteiger partial charge is 0.261 e. The largest absolute Gasteiger partial charge is 0.340 e. The molecule has 0 radical (unpaired) electrons. The van der Waals surface area contributed by atoms with Gasteiger partial charge in [-0.3, -0.25) is 14.5 Å². The first kappa shape index (κ1) is 17.9. The second-order valence-electron chi connectivity index (χ2n) is 8.14. The lowest BCUT2D eigenvalue weighted by Gasteiger charge is -2.16. The van der Waals surface area contributed by atoms with Crippen molar-refractivity contribution in [1.29, 1.82) is 0 Å². The molecule has 0 spiro atoms. The molecule has 0 saturated heterocycles. The van der Waals surface area contributed by atoms with E-state index in [2.05, 4.69) is 54.8 Å². The van der Waals surface area contributed by atoms with Crippen molar-refractivity contribution < 1.29 is 9.59 Å². The SMILES string of the molecule is Cc1ccc2c(c1)c1cc(C)ccc1n2CCCN1C(=O)C2=C(CCC=C2)C1=O. The second kappa shape index (κ2) is 6.73. The summed E-state index contributed by atoms with van der Waals surface area (Å²) in [5, 5.41) is 2.53. The van der Waals surface area contributed by atoms with Crippen molar-refractivity contribution >= 4 is 33.6 Å². The Bertz CT molecular complexity index is 1180. The van der Waals surface area contributed by atoms with Gasteiger partial charge in [-0.2, -0.15) is 0 Å². The highest BCUT2D eigenvalue weighted by Gasteiger charge is 2.36. The Labute approximate surface area is 170 Å². The van der Waals surface area contributed by atoms with Crippen molar-refractivity contribution in [3.63, 3.8) is 0 Å². The third-order valence-electron chi connectivity index (χ3n) is 6.09. The summed E-state index contributed by atoms with van der Waals surface area (Å²) < 4.78 is 2.32. The van der Waals surface area contributed by atoms with Crippen LogP contribution in [-0.4, -0.2) is 27.8 Å². The van der Waals surface area contributed by atoms with Gasteiger partial charge in [-0.1, -0.05) is 35.4 Å². The van der Waals surface area contributed by atoms with E-state index in [1.54, 1.807) is 0 Å². The number of nitrogens with zero attached hydrogens (tertiary/aromatic N) is 2. The molecule has 146 valence electrons. The van der Waals surface area contributed by atoms with Gasteiger partial charge in [-0.05, 0) is 57.4 Å². The van der Waals surface area contributed by atoms with Crippen LogP contribution in [0.15, 0.2) is 59.7 Å². The summed E-state index contributed by atoms with van der Waals surface area (Å²) in [4.78, 5) is 26.7. The lowest BCUT2D eigenvalue weighted by atomic mass is 10.00. The molecule has 1 aliphatic heterocycles. The fourth-order valence-electron chi connectivity index (χ4n) is 4.65. The van der Waals surface area contributed by atoms with Gasteiger partial charge >= 0.3 is 0 Å². The molecule has 2 amide bonds. The van der Waals surface area contributed by atoms with Gasteiger partial charge in [-0.25, -0.2) is 0 Å². The van der Waals surface area contributed by atoms with Crippen molar-refractivity contribution in [1.82, 2.24) is 9.47 Å². The Morgan fingerprint density at radius 3 is 2.14 bits per heavy atom. The Hall–Kier alpha value is -3.14. The minimum atomic E-state index is -0.130. The standard InChI is InChI=1S/C25H24N2O2/c1-16-8-10-22-20(14-16)21-15-17(2)9-11-23(21)26(22)12-5-13-27-24(28)18-6-3-4-7-19(18)25(27)29/h3,6,8-11,14-15H,4-5,7,12-13H2,1-2H3. The number of aryl methyl sites for hydroxylation is 3. The minimum Gasteiger partial charge on any atom is -0.340 e. The molecule has 0 N–H and O–H groups in total. The number of imide groups is 1. The number of fused-ring (bicyclic) bond motifs is 3. The van der Waals surface area contributed by atoms with Crippen molar-refractivity contribution in [2.45, 2.75) is 39.7 Å². The van der Waals surface area contributed by atoms with Crippen molar-refractivity contribution in [2.75, 3.05) is 6.54 Å². The van der Waals surface area contributed by atoms with E-state index in [-0.39, 0.29) is 11.8 Å². The van der Waals surface area contributed by atoms with Gasteiger partial charge in [0.25, 0.3) is 11.8 Å². The highest BCUT2D eigenvalue weighted by Crippen LogP contribution is 2.32. The molecule has 2 heterocycles. The molecule has 1 aliphatic carbocycles. The Morgan fingerprint density at radius 2 is 1.52 bits per heavy atom. The molecule has 5 rings (SSSR count). The monoisotopic (exact) mass is 384 g/mol. The van der Waals surface area contributed by atoms with Crippen LogP contribution in [0.5, 0.6) is 0 Å². The molecule has 0 unspecified atom stereocenters. The second-order valence-corrected chi connectivity index (χ2v) is 8.14. The van der Waals surface area contributed by atoms with Crippen LogP contribution < -0.4 is 0 Å². The summed E-state index contributed by atoms with van der Waals surface area (Å²) in [6.45, 7) is 5.46. The van der Waals surface area contributed by atoms with Crippen LogP contribution in [0.1, 0.15) is 30.4 Å². The van der Waals surface area contributed by atoms with Gasteiger partial charge in [0.2, 0.25) is 0 Å². The van der Waals surface area contributed by atoms with Crippen LogP contribution in [0.25, 0.3) is 21.8 Å². The summed E-state index contributed by atoms with van der Waals surface area (Å²) in [5.41, 5.74) is 6.20. The predicted octanol–water partition coefficient (Wildman–Crippen LogP) is 4.82. The summed E-state index contributed by atoms with van der Waals surface area (Å²) in [6.07, 6.45) is 6.05. The number of hydrogen-bond acceptors (Lipinski definition) is 2. The van der Waals surface area contributed by atoms with Gasteiger partial charge in [0.05, 0.1) is 0 Å². The van der Waals surface area contributed by atoms with Gasteiger partial charge in [0, 0.05) is 46.0 Å². The Kier molecular flexibility index (Phi) is 4.16. The number of rotatable bonds is 4. The van der Waals surface area contributed by atoms with Crippen LogP contribution in [0.3, 0.4) is 0 Å². The van der Waals surface area contributed by atoms with E-state index >= 15 is 0 Å². The van der Waals surface area contributed by atoms with Crippen LogP contribution in [0, 0.1) is 13.8 Å². The molecule has 0 saturated carbocycles. The minimum absolute atomic E-state index is 0.0946. The molecule has 1 aromatic heterocycles. The molecule has 4 heteroatoms. The summed E-state index contributed by atoms with van der Waals surface area (Å²) >= 11 is 0. The van der Waals surface area contributed by atoms with Crippen LogP contribution in [0.2, 0.25) is 0 Å². The molecule has 2 aliphatic rings. The topological polar surface area (TPSA) is 42.3 Å². The average Bonchev–Trinajstić information content (AvgIpc) is 3.15. The number of allylic oxidation sites excluding steroid dienone is 1.